The smallest absolute Gasteiger partial charge is 0.261 e. The van der Waals surface area contributed by atoms with Gasteiger partial charge in [-0.15, -0.1) is 0 Å². The zero-order chi connectivity index (χ0) is 17.9. The first-order chi connectivity index (χ1) is 11.4. The minimum absolute atomic E-state index is 0.0799. The number of amides is 1. The van der Waals surface area contributed by atoms with Gasteiger partial charge >= 0.3 is 0 Å². The van der Waals surface area contributed by atoms with Gasteiger partial charge in [0.15, 0.2) is 11.5 Å². The molecule has 0 saturated carbocycles. The molecule has 0 atom stereocenters. The number of carbonyl (C=O) groups excluding carboxylic acids is 1. The molecule has 0 bridgehead atoms. The second kappa shape index (κ2) is 7.21. The van der Waals surface area contributed by atoms with E-state index in [9.17, 15) is 9.18 Å². The topological polar surface area (TPSA) is 42.0 Å². The summed E-state index contributed by atoms with van der Waals surface area (Å²) in [6.07, 6.45) is 0. The van der Waals surface area contributed by atoms with Crippen LogP contribution < -0.4 is 19.3 Å². The molecule has 2 aromatic rings. The second-order valence-electron chi connectivity index (χ2n) is 5.43. The van der Waals surface area contributed by atoms with Crippen LogP contribution in [0.5, 0.6) is 11.5 Å². The van der Waals surface area contributed by atoms with Crippen LogP contribution in [-0.4, -0.2) is 41.3 Å². The van der Waals surface area contributed by atoms with Gasteiger partial charge in [0.25, 0.3) is 5.91 Å². The van der Waals surface area contributed by atoms with Crippen molar-refractivity contribution in [2.45, 2.75) is 0 Å². The van der Waals surface area contributed by atoms with E-state index in [1.54, 1.807) is 7.05 Å². The van der Waals surface area contributed by atoms with Crippen LogP contribution in [0, 0.1) is 5.82 Å². The lowest BCUT2D eigenvalue weighted by atomic mass is 10.1. The zero-order valence-electron chi connectivity index (χ0n) is 14.5. The molecule has 0 saturated heterocycles. The number of methoxy groups -OCH3 is 2. The molecule has 0 aliphatic heterocycles. The number of benzene rings is 2. The lowest BCUT2D eigenvalue weighted by molar-refractivity contribution is 0.0988. The molecule has 0 aliphatic rings. The highest BCUT2D eigenvalue weighted by atomic mass is 19.1. The van der Waals surface area contributed by atoms with Crippen molar-refractivity contribution in [1.29, 1.82) is 0 Å². The predicted molar refractivity (Wildman–Crippen MR) is 93.0 cm³/mol. The van der Waals surface area contributed by atoms with Crippen LogP contribution in [0.4, 0.5) is 15.8 Å². The van der Waals surface area contributed by atoms with Crippen molar-refractivity contribution < 1.29 is 18.7 Å². The van der Waals surface area contributed by atoms with Crippen molar-refractivity contribution in [2.75, 3.05) is 45.2 Å². The normalized spacial score (nSPS) is 10.2. The minimum Gasteiger partial charge on any atom is -0.493 e. The summed E-state index contributed by atoms with van der Waals surface area (Å²) in [5.74, 6) is -0.589. The molecule has 0 spiro atoms. The van der Waals surface area contributed by atoms with Crippen molar-refractivity contribution in [3.63, 3.8) is 0 Å². The van der Waals surface area contributed by atoms with Crippen LogP contribution >= 0.6 is 0 Å². The van der Waals surface area contributed by atoms with Gasteiger partial charge in [0.1, 0.15) is 5.82 Å². The minimum atomic E-state index is -0.660. The van der Waals surface area contributed by atoms with Crippen LogP contribution in [-0.2, 0) is 0 Å². The number of hydrogen-bond acceptors (Lipinski definition) is 4. The Bertz CT molecular complexity index is 747. The molecule has 0 fully saturated rings. The average molecular weight is 332 g/mol. The maximum absolute atomic E-state index is 14.3. The van der Waals surface area contributed by atoms with Crippen molar-refractivity contribution in [3.8, 4) is 11.5 Å². The fraction of sp³-hybridized carbons (Fsp3) is 0.278. The number of rotatable bonds is 5. The zero-order valence-corrected chi connectivity index (χ0v) is 14.5. The Kier molecular flexibility index (Phi) is 5.28. The van der Waals surface area contributed by atoms with E-state index in [0.717, 1.165) is 11.8 Å². The van der Waals surface area contributed by atoms with E-state index in [-0.39, 0.29) is 11.3 Å². The molecule has 24 heavy (non-hydrogen) atoms. The van der Waals surface area contributed by atoms with E-state index in [1.807, 2.05) is 43.3 Å². The van der Waals surface area contributed by atoms with Crippen LogP contribution in [0.3, 0.4) is 0 Å². The van der Waals surface area contributed by atoms with Gasteiger partial charge < -0.3 is 19.3 Å². The van der Waals surface area contributed by atoms with Crippen LogP contribution in [0.15, 0.2) is 36.4 Å². The number of hydrogen-bond donors (Lipinski definition) is 0. The van der Waals surface area contributed by atoms with Gasteiger partial charge in [0.05, 0.1) is 31.2 Å². The standard InChI is InChI=1S/C18H21FN2O3/c1-20(2)14-8-6-7-9-15(14)21(3)18(22)12-10-16(23-4)17(24-5)11-13(12)19/h6-11H,1-5H3. The van der Waals surface area contributed by atoms with Crippen LogP contribution in [0.2, 0.25) is 0 Å². The van der Waals surface area contributed by atoms with Crippen LogP contribution in [0.1, 0.15) is 10.4 Å². The Morgan fingerprint density at radius 1 is 0.958 bits per heavy atom. The number of anilines is 2. The van der Waals surface area contributed by atoms with Gasteiger partial charge in [0.2, 0.25) is 0 Å². The average Bonchev–Trinajstić information content (AvgIpc) is 2.60. The number of ether oxygens (including phenoxy) is 2. The Morgan fingerprint density at radius 3 is 2.04 bits per heavy atom. The Balaban J connectivity index is 2.46. The van der Waals surface area contributed by atoms with Gasteiger partial charge in [-0.25, -0.2) is 4.39 Å². The molecule has 6 heteroatoms. The van der Waals surface area contributed by atoms with E-state index in [4.69, 9.17) is 9.47 Å². The quantitative estimate of drug-likeness (QED) is 0.843. The summed E-state index contributed by atoms with van der Waals surface area (Å²) in [4.78, 5) is 16.1. The largest absolute Gasteiger partial charge is 0.493 e. The second-order valence-corrected chi connectivity index (χ2v) is 5.43. The lowest BCUT2D eigenvalue weighted by Crippen LogP contribution is -2.29. The summed E-state index contributed by atoms with van der Waals surface area (Å²) < 4.78 is 24.6. The monoisotopic (exact) mass is 332 g/mol. The predicted octanol–water partition coefficient (Wildman–Crippen LogP) is 3.19. The van der Waals surface area contributed by atoms with Crippen molar-refractivity contribution in [3.05, 3.63) is 47.8 Å². The molecule has 0 aliphatic carbocycles. The third-order valence-electron chi connectivity index (χ3n) is 3.73. The molecule has 1 amide bonds. The maximum Gasteiger partial charge on any atom is 0.261 e. The molecular weight excluding hydrogens is 311 g/mol. The molecular formula is C18H21FN2O3. The summed E-state index contributed by atoms with van der Waals surface area (Å²) in [7, 11) is 8.23. The molecule has 0 unspecified atom stereocenters. The van der Waals surface area contributed by atoms with E-state index < -0.39 is 11.7 Å². The lowest BCUT2D eigenvalue weighted by Gasteiger charge is -2.24. The first-order valence-electron chi connectivity index (χ1n) is 7.36. The van der Waals surface area contributed by atoms with E-state index >= 15 is 0 Å². The number of halogens is 1. The maximum atomic E-state index is 14.3. The number of para-hydroxylation sites is 2. The number of nitrogens with zero attached hydrogens (tertiary/aromatic N) is 2. The van der Waals surface area contributed by atoms with E-state index in [2.05, 4.69) is 0 Å². The van der Waals surface area contributed by atoms with Gasteiger partial charge in [-0.05, 0) is 18.2 Å². The first kappa shape index (κ1) is 17.6. The molecule has 5 nitrogen and oxygen atoms in total. The molecule has 0 radical (unpaired) electrons. The number of carbonyl (C=O) groups is 1. The molecule has 0 heterocycles. The first-order valence-corrected chi connectivity index (χ1v) is 7.36. The third kappa shape index (κ3) is 3.27. The summed E-state index contributed by atoms with van der Waals surface area (Å²) in [5, 5.41) is 0. The van der Waals surface area contributed by atoms with Crippen molar-refractivity contribution >= 4 is 17.3 Å². The highest BCUT2D eigenvalue weighted by Crippen LogP contribution is 2.32. The fourth-order valence-electron chi connectivity index (χ4n) is 2.43. The summed E-state index contributed by atoms with van der Waals surface area (Å²) in [5.41, 5.74) is 1.46. The molecule has 128 valence electrons. The molecule has 2 aromatic carbocycles. The molecule has 0 aromatic heterocycles. The van der Waals surface area contributed by atoms with Gasteiger partial charge in [0, 0.05) is 27.2 Å². The highest BCUT2D eigenvalue weighted by Gasteiger charge is 2.22. The summed E-state index contributed by atoms with van der Waals surface area (Å²) >= 11 is 0. The van der Waals surface area contributed by atoms with E-state index in [0.29, 0.717) is 11.4 Å². The van der Waals surface area contributed by atoms with Gasteiger partial charge in [-0.1, -0.05) is 12.1 Å². The summed E-state index contributed by atoms with van der Waals surface area (Å²) in [6, 6.07) is 9.92. The van der Waals surface area contributed by atoms with E-state index in [1.165, 1.54) is 25.2 Å². The van der Waals surface area contributed by atoms with Crippen molar-refractivity contribution in [1.82, 2.24) is 0 Å². The van der Waals surface area contributed by atoms with Crippen LogP contribution in [0.25, 0.3) is 0 Å². The summed E-state index contributed by atoms with van der Waals surface area (Å²) in [6.45, 7) is 0. The molecule has 0 N–H and O–H groups in total. The van der Waals surface area contributed by atoms with Crippen molar-refractivity contribution in [2.24, 2.45) is 0 Å². The van der Waals surface area contributed by atoms with Gasteiger partial charge in [-0.3, -0.25) is 4.79 Å². The molecule has 2 rings (SSSR count). The Hall–Kier alpha value is -2.76. The SMILES string of the molecule is COc1cc(F)c(C(=O)N(C)c2ccccc2N(C)C)cc1OC. The Labute approximate surface area is 141 Å². The fourth-order valence-corrected chi connectivity index (χ4v) is 2.43. The van der Waals surface area contributed by atoms with Gasteiger partial charge in [-0.2, -0.15) is 0 Å². The third-order valence-corrected chi connectivity index (χ3v) is 3.73. The highest BCUT2D eigenvalue weighted by molar-refractivity contribution is 6.08. The Morgan fingerprint density at radius 2 is 1.50 bits per heavy atom.